The molecular formula is C20H24N2O4S. The number of rotatable bonds is 6. The fourth-order valence-electron chi connectivity index (χ4n) is 3.47. The van der Waals surface area contributed by atoms with Crippen LogP contribution in [0.2, 0.25) is 0 Å². The smallest absolute Gasteiger partial charge is 0.251 e. The molecule has 1 aliphatic heterocycles. The minimum absolute atomic E-state index is 0.0247. The molecule has 0 saturated carbocycles. The summed E-state index contributed by atoms with van der Waals surface area (Å²) in [6.45, 7) is 2.75. The number of ether oxygens (including phenoxy) is 2. The van der Waals surface area contributed by atoms with Crippen molar-refractivity contribution in [3.8, 4) is 11.5 Å². The molecule has 3 rings (SSSR count). The van der Waals surface area contributed by atoms with Crippen LogP contribution in [-0.2, 0) is 11.2 Å². The predicted octanol–water partition coefficient (Wildman–Crippen LogP) is 3.03. The largest absolute Gasteiger partial charge is 0.493 e. The number of methoxy groups -OCH3 is 2. The van der Waals surface area contributed by atoms with Crippen LogP contribution in [0.5, 0.6) is 11.5 Å². The van der Waals surface area contributed by atoms with E-state index >= 15 is 0 Å². The Morgan fingerprint density at radius 1 is 1.22 bits per heavy atom. The molecule has 0 saturated heterocycles. The van der Waals surface area contributed by atoms with Crippen molar-refractivity contribution in [3.63, 3.8) is 0 Å². The first kappa shape index (κ1) is 19.2. The van der Waals surface area contributed by atoms with Gasteiger partial charge in [-0.3, -0.25) is 9.59 Å². The van der Waals surface area contributed by atoms with Crippen molar-refractivity contribution in [3.05, 3.63) is 45.6 Å². The Labute approximate surface area is 163 Å². The van der Waals surface area contributed by atoms with E-state index in [2.05, 4.69) is 23.7 Å². The second-order valence-corrected chi connectivity index (χ2v) is 7.31. The lowest BCUT2D eigenvalue weighted by Crippen LogP contribution is -2.44. The zero-order valence-corrected chi connectivity index (χ0v) is 16.6. The molecule has 7 heteroatoms. The normalized spacial score (nSPS) is 15.8. The van der Waals surface area contributed by atoms with Gasteiger partial charge >= 0.3 is 0 Å². The first-order chi connectivity index (χ1) is 13.1. The fourth-order valence-corrected chi connectivity index (χ4v) is 4.40. The van der Waals surface area contributed by atoms with Crippen LogP contribution < -0.4 is 14.8 Å². The summed E-state index contributed by atoms with van der Waals surface area (Å²) in [6, 6.07) is 7.12. The van der Waals surface area contributed by atoms with Crippen LogP contribution in [0.15, 0.2) is 29.6 Å². The van der Waals surface area contributed by atoms with Gasteiger partial charge in [-0.2, -0.15) is 0 Å². The number of nitrogens with one attached hydrogen (secondary N) is 1. The molecule has 1 unspecified atom stereocenters. The Morgan fingerprint density at radius 2 is 2.00 bits per heavy atom. The zero-order chi connectivity index (χ0) is 19.4. The number of hydrogen-bond donors (Lipinski definition) is 1. The van der Waals surface area contributed by atoms with Crippen molar-refractivity contribution in [1.29, 1.82) is 0 Å². The Kier molecular flexibility index (Phi) is 6.01. The lowest BCUT2D eigenvalue weighted by molar-refractivity contribution is -0.133. The van der Waals surface area contributed by atoms with Gasteiger partial charge in [-0.05, 0) is 48.1 Å². The van der Waals surface area contributed by atoms with Crippen LogP contribution in [0, 0.1) is 0 Å². The van der Waals surface area contributed by atoms with Gasteiger partial charge in [0.1, 0.15) is 0 Å². The molecule has 1 atom stereocenters. The second-order valence-electron chi connectivity index (χ2n) is 6.31. The van der Waals surface area contributed by atoms with Gasteiger partial charge in [-0.15, -0.1) is 11.3 Å². The maximum atomic E-state index is 12.7. The molecule has 0 fully saturated rings. The molecule has 144 valence electrons. The van der Waals surface area contributed by atoms with Gasteiger partial charge in [0.15, 0.2) is 11.5 Å². The summed E-state index contributed by atoms with van der Waals surface area (Å²) in [5, 5.41) is 4.81. The molecule has 6 nitrogen and oxygen atoms in total. The highest BCUT2D eigenvalue weighted by Gasteiger charge is 2.30. The monoisotopic (exact) mass is 388 g/mol. The summed E-state index contributed by atoms with van der Waals surface area (Å²) in [5.74, 6) is 0.650. The highest BCUT2D eigenvalue weighted by atomic mass is 32.1. The first-order valence-corrected chi connectivity index (χ1v) is 9.83. The van der Waals surface area contributed by atoms with Gasteiger partial charge in [0.2, 0.25) is 5.91 Å². The number of nitrogens with zero attached hydrogens (tertiary/aromatic N) is 1. The van der Waals surface area contributed by atoms with Crippen molar-refractivity contribution in [1.82, 2.24) is 10.2 Å². The van der Waals surface area contributed by atoms with Crippen LogP contribution in [0.4, 0.5) is 0 Å². The van der Waals surface area contributed by atoms with Gasteiger partial charge in [0, 0.05) is 17.0 Å². The van der Waals surface area contributed by atoms with E-state index in [0.29, 0.717) is 23.6 Å². The summed E-state index contributed by atoms with van der Waals surface area (Å²) in [4.78, 5) is 28.4. The number of fused-ring (bicyclic) bond motifs is 1. The van der Waals surface area contributed by atoms with Crippen molar-refractivity contribution in [2.24, 2.45) is 0 Å². The van der Waals surface area contributed by atoms with Gasteiger partial charge in [-0.1, -0.05) is 6.92 Å². The van der Waals surface area contributed by atoms with Crippen molar-refractivity contribution < 1.29 is 19.1 Å². The average molecular weight is 388 g/mol. The van der Waals surface area contributed by atoms with Crippen molar-refractivity contribution >= 4 is 23.2 Å². The van der Waals surface area contributed by atoms with Crippen LogP contribution in [0.25, 0.3) is 0 Å². The SMILES string of the molecule is CCC1c2ccsc2CCN1C(=O)CNC(=O)c1ccc(OC)c(OC)c1. The molecule has 0 spiro atoms. The molecule has 2 amide bonds. The quantitative estimate of drug-likeness (QED) is 0.826. The lowest BCUT2D eigenvalue weighted by atomic mass is 9.98. The molecule has 1 aromatic carbocycles. The third kappa shape index (κ3) is 3.93. The Balaban J connectivity index is 1.64. The van der Waals surface area contributed by atoms with Crippen LogP contribution in [-0.4, -0.2) is 44.0 Å². The molecule has 0 aliphatic carbocycles. The van der Waals surface area contributed by atoms with E-state index in [4.69, 9.17) is 9.47 Å². The molecule has 1 N–H and O–H groups in total. The number of benzene rings is 1. The summed E-state index contributed by atoms with van der Waals surface area (Å²) in [6.07, 6.45) is 1.73. The minimum atomic E-state index is -0.314. The number of thiophene rings is 1. The summed E-state index contributed by atoms with van der Waals surface area (Å²) in [5.41, 5.74) is 1.67. The Morgan fingerprint density at radius 3 is 2.70 bits per heavy atom. The average Bonchev–Trinajstić information content (AvgIpc) is 3.19. The number of carbonyl (C=O) groups excluding carboxylic acids is 2. The van der Waals surface area contributed by atoms with E-state index < -0.39 is 0 Å². The fraction of sp³-hybridized carbons (Fsp3) is 0.400. The van der Waals surface area contributed by atoms with E-state index in [0.717, 1.165) is 12.8 Å². The Bertz CT molecular complexity index is 833. The first-order valence-electron chi connectivity index (χ1n) is 8.95. The lowest BCUT2D eigenvalue weighted by Gasteiger charge is -2.35. The van der Waals surface area contributed by atoms with E-state index in [1.54, 1.807) is 29.5 Å². The van der Waals surface area contributed by atoms with Gasteiger partial charge < -0.3 is 19.7 Å². The number of amides is 2. The van der Waals surface area contributed by atoms with Gasteiger partial charge in [0.05, 0.1) is 26.8 Å². The highest BCUT2D eigenvalue weighted by molar-refractivity contribution is 7.10. The maximum Gasteiger partial charge on any atom is 0.251 e. The van der Waals surface area contributed by atoms with Crippen molar-refractivity contribution in [2.45, 2.75) is 25.8 Å². The molecule has 0 radical (unpaired) electrons. The van der Waals surface area contributed by atoms with E-state index in [1.165, 1.54) is 24.7 Å². The van der Waals surface area contributed by atoms with E-state index in [-0.39, 0.29) is 24.4 Å². The van der Waals surface area contributed by atoms with E-state index in [1.807, 2.05) is 4.90 Å². The summed E-state index contributed by atoms with van der Waals surface area (Å²) >= 11 is 1.75. The summed E-state index contributed by atoms with van der Waals surface area (Å²) < 4.78 is 10.4. The van der Waals surface area contributed by atoms with Crippen LogP contribution in [0.3, 0.4) is 0 Å². The van der Waals surface area contributed by atoms with Crippen molar-refractivity contribution in [2.75, 3.05) is 27.3 Å². The topological polar surface area (TPSA) is 67.9 Å². The van der Waals surface area contributed by atoms with Crippen LogP contribution in [0.1, 0.15) is 40.2 Å². The molecule has 2 heterocycles. The van der Waals surface area contributed by atoms with Gasteiger partial charge in [-0.25, -0.2) is 0 Å². The standard InChI is InChI=1S/C20H24N2O4S/c1-4-15-14-8-10-27-18(14)7-9-22(15)19(23)12-21-20(24)13-5-6-16(25-2)17(11-13)26-3/h5-6,8,10-11,15H,4,7,9,12H2,1-3H3,(H,21,24). The number of carbonyl (C=O) groups is 2. The maximum absolute atomic E-state index is 12.7. The highest BCUT2D eigenvalue weighted by Crippen LogP contribution is 2.35. The Hall–Kier alpha value is -2.54. The molecule has 27 heavy (non-hydrogen) atoms. The predicted molar refractivity (Wildman–Crippen MR) is 105 cm³/mol. The summed E-state index contributed by atoms with van der Waals surface area (Å²) in [7, 11) is 3.06. The molecule has 2 aromatic rings. The third-order valence-electron chi connectivity index (χ3n) is 4.85. The zero-order valence-electron chi connectivity index (χ0n) is 15.8. The second kappa shape index (κ2) is 8.43. The molecule has 1 aliphatic rings. The number of hydrogen-bond acceptors (Lipinski definition) is 5. The van der Waals surface area contributed by atoms with Gasteiger partial charge in [0.25, 0.3) is 5.91 Å². The van der Waals surface area contributed by atoms with Crippen LogP contribution >= 0.6 is 11.3 Å². The molecule has 1 aromatic heterocycles. The van der Waals surface area contributed by atoms with E-state index in [9.17, 15) is 9.59 Å². The molecular weight excluding hydrogens is 364 g/mol. The minimum Gasteiger partial charge on any atom is -0.493 e. The third-order valence-corrected chi connectivity index (χ3v) is 5.84. The molecule has 0 bridgehead atoms.